The molecule has 1 fully saturated rings. The van der Waals surface area contributed by atoms with Crippen molar-refractivity contribution in [3.05, 3.63) is 63.7 Å². The largest absolute Gasteiger partial charge is 0.495 e. The van der Waals surface area contributed by atoms with Gasteiger partial charge in [0.1, 0.15) is 5.75 Å². The fourth-order valence-corrected chi connectivity index (χ4v) is 3.51. The maximum atomic E-state index is 12.8. The molecule has 0 saturated carbocycles. The highest BCUT2D eigenvalue weighted by atomic mass is 16.6. The first kappa shape index (κ1) is 19.8. The van der Waals surface area contributed by atoms with Gasteiger partial charge in [-0.25, -0.2) is 0 Å². The van der Waals surface area contributed by atoms with Crippen molar-refractivity contribution >= 4 is 17.3 Å². The molecule has 148 valence electrons. The van der Waals surface area contributed by atoms with Gasteiger partial charge in [0.15, 0.2) is 0 Å². The summed E-state index contributed by atoms with van der Waals surface area (Å²) in [7, 11) is 1.47. The molecule has 3 rings (SSSR count). The Kier molecular flexibility index (Phi) is 6.26. The van der Waals surface area contributed by atoms with Crippen molar-refractivity contribution < 1.29 is 14.5 Å². The van der Waals surface area contributed by atoms with Gasteiger partial charge in [-0.05, 0) is 37.9 Å². The highest BCUT2D eigenvalue weighted by molar-refractivity contribution is 5.94. The summed E-state index contributed by atoms with van der Waals surface area (Å²) in [5.41, 5.74) is 2.70. The number of nitrogens with one attached hydrogen (secondary N) is 1. The number of benzene rings is 2. The fourth-order valence-electron chi connectivity index (χ4n) is 3.51. The number of non-ortho nitro benzene ring substituents is 1. The Labute approximate surface area is 164 Å². The monoisotopic (exact) mass is 383 g/mol. The van der Waals surface area contributed by atoms with Crippen molar-refractivity contribution in [2.45, 2.75) is 26.3 Å². The predicted molar refractivity (Wildman–Crippen MR) is 107 cm³/mol. The third-order valence-corrected chi connectivity index (χ3v) is 5.05. The van der Waals surface area contributed by atoms with E-state index in [1.807, 2.05) is 0 Å². The molecule has 2 aromatic carbocycles. The van der Waals surface area contributed by atoms with Crippen LogP contribution in [0.2, 0.25) is 0 Å². The molecule has 0 radical (unpaired) electrons. The summed E-state index contributed by atoms with van der Waals surface area (Å²) in [6.45, 7) is 4.49. The van der Waals surface area contributed by atoms with Gasteiger partial charge in [0.05, 0.1) is 23.6 Å². The van der Waals surface area contributed by atoms with E-state index in [-0.39, 0.29) is 17.5 Å². The molecule has 1 unspecified atom stereocenters. The van der Waals surface area contributed by atoms with Crippen LogP contribution in [0.1, 0.15) is 24.0 Å². The first-order valence-corrected chi connectivity index (χ1v) is 9.37. The summed E-state index contributed by atoms with van der Waals surface area (Å²) in [4.78, 5) is 25.6. The fraction of sp³-hybridized carbons (Fsp3) is 0.381. The molecule has 1 amide bonds. The lowest BCUT2D eigenvalue weighted by Crippen LogP contribution is -2.40. The maximum Gasteiger partial charge on any atom is 0.271 e. The normalized spacial score (nSPS) is 17.1. The Morgan fingerprint density at radius 1 is 1.29 bits per heavy atom. The third kappa shape index (κ3) is 4.86. The summed E-state index contributed by atoms with van der Waals surface area (Å²) in [6.07, 6.45) is 1.74. The minimum Gasteiger partial charge on any atom is -0.495 e. The zero-order valence-corrected chi connectivity index (χ0v) is 16.2. The Hall–Kier alpha value is -2.93. The summed E-state index contributed by atoms with van der Waals surface area (Å²) < 4.78 is 5.23. The standard InChI is InChI=1S/C21H25N3O4/c1-15-5-7-16(8-6-15)13-23-11-3-4-17(14-23)21(25)22-19-12-18(24(26)27)9-10-20(19)28-2/h5-10,12,17H,3-4,11,13-14H2,1-2H3,(H,22,25). The Balaban J connectivity index is 1.66. The van der Waals surface area contributed by atoms with Crippen molar-refractivity contribution in [1.82, 2.24) is 4.90 Å². The van der Waals surface area contributed by atoms with E-state index >= 15 is 0 Å². The second-order valence-electron chi connectivity index (χ2n) is 7.19. The molecule has 2 aromatic rings. The first-order chi connectivity index (χ1) is 13.5. The quantitative estimate of drug-likeness (QED) is 0.606. The number of ether oxygens (including phenoxy) is 1. The van der Waals surface area contributed by atoms with Crippen LogP contribution in [0.5, 0.6) is 5.75 Å². The number of likely N-dealkylation sites (tertiary alicyclic amines) is 1. The second kappa shape index (κ2) is 8.84. The minimum absolute atomic E-state index is 0.0826. The molecule has 0 spiro atoms. The molecule has 0 aliphatic carbocycles. The van der Waals surface area contributed by atoms with E-state index in [9.17, 15) is 14.9 Å². The first-order valence-electron chi connectivity index (χ1n) is 9.37. The molecule has 7 heteroatoms. The van der Waals surface area contributed by atoms with Gasteiger partial charge >= 0.3 is 0 Å². The number of carbonyl (C=O) groups is 1. The number of nitro groups is 1. The number of piperidine rings is 1. The molecule has 1 aliphatic heterocycles. The molecule has 0 bridgehead atoms. The summed E-state index contributed by atoms with van der Waals surface area (Å²) in [6, 6.07) is 12.6. The molecule has 0 aromatic heterocycles. The molecular formula is C21H25N3O4. The minimum atomic E-state index is -0.487. The van der Waals surface area contributed by atoms with Crippen LogP contribution in [0, 0.1) is 23.0 Å². The SMILES string of the molecule is COc1ccc([N+](=O)[O-])cc1NC(=O)C1CCCN(Cc2ccc(C)cc2)C1. The van der Waals surface area contributed by atoms with Crippen LogP contribution in [0.4, 0.5) is 11.4 Å². The van der Waals surface area contributed by atoms with E-state index in [0.29, 0.717) is 18.0 Å². The van der Waals surface area contributed by atoms with Gasteiger partial charge in [0, 0.05) is 25.2 Å². The van der Waals surface area contributed by atoms with Gasteiger partial charge in [-0.15, -0.1) is 0 Å². The lowest BCUT2D eigenvalue weighted by atomic mass is 9.96. The molecule has 7 nitrogen and oxygen atoms in total. The van der Waals surface area contributed by atoms with Crippen molar-refractivity contribution in [3.8, 4) is 5.75 Å². The van der Waals surface area contributed by atoms with Gasteiger partial charge in [0.25, 0.3) is 5.69 Å². The summed E-state index contributed by atoms with van der Waals surface area (Å²) in [5, 5.41) is 13.8. The average Bonchev–Trinajstić information content (AvgIpc) is 2.70. The maximum absolute atomic E-state index is 12.8. The molecule has 1 saturated heterocycles. The van der Waals surface area contributed by atoms with Gasteiger partial charge in [0.2, 0.25) is 5.91 Å². The van der Waals surface area contributed by atoms with Crippen LogP contribution < -0.4 is 10.1 Å². The average molecular weight is 383 g/mol. The van der Waals surface area contributed by atoms with E-state index in [2.05, 4.69) is 41.4 Å². The number of methoxy groups -OCH3 is 1. The number of rotatable bonds is 6. The van der Waals surface area contributed by atoms with Gasteiger partial charge in [-0.1, -0.05) is 29.8 Å². The summed E-state index contributed by atoms with van der Waals surface area (Å²) >= 11 is 0. The molecule has 1 N–H and O–H groups in total. The van der Waals surface area contributed by atoms with Crippen LogP contribution in [-0.4, -0.2) is 35.9 Å². The van der Waals surface area contributed by atoms with E-state index < -0.39 is 4.92 Å². The smallest absolute Gasteiger partial charge is 0.271 e. The van der Waals surface area contributed by atoms with E-state index in [0.717, 1.165) is 25.9 Å². The van der Waals surface area contributed by atoms with Gasteiger partial charge in [-0.3, -0.25) is 19.8 Å². The van der Waals surface area contributed by atoms with Crippen molar-refractivity contribution in [2.75, 3.05) is 25.5 Å². The number of nitro benzene ring substituents is 1. The highest BCUT2D eigenvalue weighted by Crippen LogP contribution is 2.30. The molecule has 1 atom stereocenters. The van der Waals surface area contributed by atoms with Crippen LogP contribution in [0.25, 0.3) is 0 Å². The third-order valence-electron chi connectivity index (χ3n) is 5.05. The number of amides is 1. The number of hydrogen-bond acceptors (Lipinski definition) is 5. The van der Waals surface area contributed by atoms with Crippen LogP contribution >= 0.6 is 0 Å². The van der Waals surface area contributed by atoms with Crippen LogP contribution in [0.15, 0.2) is 42.5 Å². The number of hydrogen-bond donors (Lipinski definition) is 1. The number of nitrogens with zero attached hydrogens (tertiary/aromatic N) is 2. The zero-order chi connectivity index (χ0) is 20.1. The van der Waals surface area contributed by atoms with Gasteiger partial charge < -0.3 is 10.1 Å². The molecule has 1 heterocycles. The van der Waals surface area contributed by atoms with E-state index in [4.69, 9.17) is 4.74 Å². The molecular weight excluding hydrogens is 358 g/mol. The van der Waals surface area contributed by atoms with E-state index in [1.165, 1.54) is 36.4 Å². The topological polar surface area (TPSA) is 84.7 Å². The lowest BCUT2D eigenvalue weighted by molar-refractivity contribution is -0.384. The number of carbonyl (C=O) groups excluding carboxylic acids is 1. The Bertz CT molecular complexity index is 851. The van der Waals surface area contributed by atoms with E-state index in [1.54, 1.807) is 0 Å². The molecule has 28 heavy (non-hydrogen) atoms. The highest BCUT2D eigenvalue weighted by Gasteiger charge is 2.27. The zero-order valence-electron chi connectivity index (χ0n) is 16.2. The lowest BCUT2D eigenvalue weighted by Gasteiger charge is -2.32. The van der Waals surface area contributed by atoms with Crippen LogP contribution in [0.3, 0.4) is 0 Å². The molecule has 1 aliphatic rings. The van der Waals surface area contributed by atoms with Crippen molar-refractivity contribution in [2.24, 2.45) is 5.92 Å². The van der Waals surface area contributed by atoms with Crippen molar-refractivity contribution in [1.29, 1.82) is 0 Å². The van der Waals surface area contributed by atoms with Crippen molar-refractivity contribution in [3.63, 3.8) is 0 Å². The van der Waals surface area contributed by atoms with Gasteiger partial charge in [-0.2, -0.15) is 0 Å². The van der Waals surface area contributed by atoms with Crippen LogP contribution in [-0.2, 0) is 11.3 Å². The Morgan fingerprint density at radius 2 is 2.04 bits per heavy atom. The number of aryl methyl sites for hydroxylation is 1. The summed E-state index contributed by atoms with van der Waals surface area (Å²) in [5.74, 6) is 0.113. The Morgan fingerprint density at radius 3 is 2.71 bits per heavy atom. The number of anilines is 1. The predicted octanol–water partition coefficient (Wildman–Crippen LogP) is 3.76. The second-order valence-corrected chi connectivity index (χ2v) is 7.19.